The smallest absolute Gasteiger partial charge is 0.317 e. The van der Waals surface area contributed by atoms with Crippen molar-refractivity contribution in [3.05, 3.63) is 28.3 Å². The number of hydrazone groups is 1. The summed E-state index contributed by atoms with van der Waals surface area (Å²) in [5.41, 5.74) is 7.48. The first kappa shape index (κ1) is 8.80. The summed E-state index contributed by atoms with van der Waals surface area (Å²) in [5, 5.41) is 3.53. The van der Waals surface area contributed by atoms with Gasteiger partial charge in [-0.3, -0.25) is 0 Å². The predicted octanol–water partition coefficient (Wildman–Crippen LogP) is 0.929. The quantitative estimate of drug-likeness (QED) is 0.578. The van der Waals surface area contributed by atoms with E-state index < -0.39 is 0 Å². The summed E-state index contributed by atoms with van der Waals surface area (Å²) in [6.45, 7) is 3.91. The van der Waals surface area contributed by atoms with Gasteiger partial charge in [0.1, 0.15) is 5.71 Å². The number of hydrogen-bond acceptors (Lipinski definition) is 3. The summed E-state index contributed by atoms with van der Waals surface area (Å²) in [5.74, 6) is 0.240. The normalized spacial score (nSPS) is 25.9. The van der Waals surface area contributed by atoms with Gasteiger partial charge in [0, 0.05) is 6.08 Å². The lowest BCUT2D eigenvalue weighted by Gasteiger charge is -2.12. The number of nitroso groups, excluding NO2 is 1. The zero-order valence-electron chi connectivity index (χ0n) is 8.06. The molecule has 2 aliphatic rings. The zero-order valence-corrected chi connectivity index (χ0v) is 8.06. The lowest BCUT2D eigenvalue weighted by atomic mass is 9.95. The van der Waals surface area contributed by atoms with Gasteiger partial charge in [-0.1, -0.05) is 13.0 Å². The molecule has 5 heteroatoms. The van der Waals surface area contributed by atoms with Crippen LogP contribution in [0.5, 0.6) is 0 Å². The molecule has 14 heavy (non-hydrogen) atoms. The van der Waals surface area contributed by atoms with Gasteiger partial charge in [0.2, 0.25) is 0 Å². The molecule has 1 aliphatic carbocycles. The van der Waals surface area contributed by atoms with E-state index in [1.54, 1.807) is 0 Å². The van der Waals surface area contributed by atoms with Gasteiger partial charge in [-0.05, 0) is 18.4 Å². The lowest BCUT2D eigenvalue weighted by molar-refractivity contribution is -0.497. The molecule has 2 N–H and O–H groups in total. The van der Waals surface area contributed by atoms with Gasteiger partial charge in [0.15, 0.2) is 4.87 Å². The number of rotatable bonds is 0. The van der Waals surface area contributed by atoms with Crippen LogP contribution in [0.4, 0.5) is 0 Å². The monoisotopic (exact) mass is 191 g/mol. The summed E-state index contributed by atoms with van der Waals surface area (Å²) < 4.78 is 0. The highest BCUT2D eigenvalue weighted by Crippen LogP contribution is 2.22. The van der Waals surface area contributed by atoms with Crippen LogP contribution in [0.1, 0.15) is 13.8 Å². The minimum Gasteiger partial charge on any atom is -0.363 e. The molecule has 0 aromatic heterocycles. The first-order valence-corrected chi connectivity index (χ1v) is 4.39. The fourth-order valence-corrected chi connectivity index (χ4v) is 1.63. The van der Waals surface area contributed by atoms with Crippen LogP contribution in [-0.4, -0.2) is 16.5 Å². The van der Waals surface area contributed by atoms with Crippen molar-refractivity contribution >= 4 is 11.7 Å². The van der Waals surface area contributed by atoms with Crippen molar-refractivity contribution in [2.45, 2.75) is 13.8 Å². The second kappa shape index (κ2) is 2.87. The number of guanidine groups is 1. The Hall–Kier alpha value is -1.78. The number of fused-ring (bicyclic) bond motifs is 1. The Labute approximate surface area is 81.3 Å². The van der Waals surface area contributed by atoms with Crippen LogP contribution in [0.15, 0.2) is 33.5 Å². The summed E-state index contributed by atoms with van der Waals surface area (Å²) >= 11 is 0. The average Bonchev–Trinajstić information content (AvgIpc) is 2.07. The standard InChI is InChI=1S/C9H11N4O/c1-5-3-6(2)8-7(4-5)13(14)12-9(10)11-8/h3-5H,1-2H3,(H2,10,12,14)/q+1. The van der Waals surface area contributed by atoms with E-state index in [0.717, 1.165) is 5.57 Å². The molecular weight excluding hydrogens is 180 g/mol. The molecular formula is C9H11N4O+. The topological polar surface area (TPSA) is 70.8 Å². The number of aliphatic imine (C=N–C) groups is 1. The van der Waals surface area contributed by atoms with Crippen LogP contribution in [-0.2, 0) is 0 Å². The Balaban J connectivity index is 2.54. The first-order chi connectivity index (χ1) is 6.58. The van der Waals surface area contributed by atoms with Crippen LogP contribution in [0.3, 0.4) is 0 Å². The number of nitrogens with zero attached hydrogens (tertiary/aromatic N) is 3. The molecule has 0 aromatic rings. The molecule has 0 fully saturated rings. The van der Waals surface area contributed by atoms with Crippen molar-refractivity contribution < 1.29 is 4.87 Å². The van der Waals surface area contributed by atoms with Crippen molar-refractivity contribution in [3.63, 3.8) is 0 Å². The lowest BCUT2D eigenvalue weighted by Crippen LogP contribution is -2.27. The van der Waals surface area contributed by atoms with Gasteiger partial charge in [-0.15, -0.1) is 0 Å². The highest BCUT2D eigenvalue weighted by atomic mass is 16.3. The maximum Gasteiger partial charge on any atom is 0.317 e. The molecule has 5 nitrogen and oxygen atoms in total. The Morgan fingerprint density at radius 2 is 2.21 bits per heavy atom. The maximum atomic E-state index is 11.4. The van der Waals surface area contributed by atoms with Crippen molar-refractivity contribution in [3.8, 4) is 0 Å². The van der Waals surface area contributed by atoms with Crippen LogP contribution in [0.25, 0.3) is 0 Å². The molecule has 0 radical (unpaired) electrons. The van der Waals surface area contributed by atoms with E-state index >= 15 is 0 Å². The zero-order chi connectivity index (χ0) is 10.3. The second-order valence-corrected chi connectivity index (χ2v) is 3.45. The molecule has 0 bridgehead atoms. The summed E-state index contributed by atoms with van der Waals surface area (Å²) in [7, 11) is 0. The maximum absolute atomic E-state index is 11.4. The molecule has 0 saturated carbocycles. The Bertz CT molecular complexity index is 428. The van der Waals surface area contributed by atoms with Gasteiger partial charge in [-0.2, -0.15) is 0 Å². The minimum atomic E-state index is 0.00875. The second-order valence-electron chi connectivity index (χ2n) is 3.45. The number of allylic oxidation sites excluding steroid dienone is 3. The van der Waals surface area contributed by atoms with E-state index in [1.165, 1.54) is 0 Å². The first-order valence-electron chi connectivity index (χ1n) is 4.39. The third kappa shape index (κ3) is 1.26. The molecule has 1 heterocycles. The minimum absolute atomic E-state index is 0.00875. The molecule has 0 spiro atoms. The van der Waals surface area contributed by atoms with E-state index in [-0.39, 0.29) is 11.9 Å². The third-order valence-electron chi connectivity index (χ3n) is 2.18. The fourth-order valence-electron chi connectivity index (χ4n) is 1.63. The van der Waals surface area contributed by atoms with E-state index in [4.69, 9.17) is 5.73 Å². The number of hydrogen-bond donors (Lipinski definition) is 1. The highest BCUT2D eigenvalue weighted by Gasteiger charge is 2.33. The summed E-state index contributed by atoms with van der Waals surface area (Å²) in [6, 6.07) is 0. The summed E-state index contributed by atoms with van der Waals surface area (Å²) in [6.07, 6.45) is 3.86. The van der Waals surface area contributed by atoms with Crippen molar-refractivity contribution in [1.29, 1.82) is 0 Å². The molecule has 72 valence electrons. The predicted molar refractivity (Wildman–Crippen MR) is 53.7 cm³/mol. The third-order valence-corrected chi connectivity index (χ3v) is 2.18. The van der Waals surface area contributed by atoms with E-state index in [0.29, 0.717) is 16.3 Å². The summed E-state index contributed by atoms with van der Waals surface area (Å²) in [4.78, 5) is 16.0. The van der Waals surface area contributed by atoms with E-state index in [1.807, 2.05) is 26.0 Å². The average molecular weight is 191 g/mol. The van der Waals surface area contributed by atoms with Gasteiger partial charge in [0.05, 0.1) is 10.0 Å². The van der Waals surface area contributed by atoms with Gasteiger partial charge in [-0.25, -0.2) is 4.99 Å². The van der Waals surface area contributed by atoms with Crippen molar-refractivity contribution in [2.24, 2.45) is 21.7 Å². The van der Waals surface area contributed by atoms with Gasteiger partial charge in [0.25, 0.3) is 5.96 Å². The van der Waals surface area contributed by atoms with Crippen molar-refractivity contribution in [1.82, 2.24) is 0 Å². The highest BCUT2D eigenvalue weighted by molar-refractivity contribution is 6.16. The molecule has 1 atom stereocenters. The molecule has 0 aromatic carbocycles. The fraction of sp³-hybridized carbons (Fsp3) is 0.333. The largest absolute Gasteiger partial charge is 0.363 e. The van der Waals surface area contributed by atoms with E-state index in [2.05, 4.69) is 10.1 Å². The number of nitrogens with two attached hydrogens (primary N) is 1. The molecule has 0 amide bonds. The van der Waals surface area contributed by atoms with Crippen LogP contribution < -0.4 is 5.73 Å². The molecule has 1 unspecified atom stereocenters. The Morgan fingerprint density at radius 1 is 1.50 bits per heavy atom. The van der Waals surface area contributed by atoms with Crippen LogP contribution >= 0.6 is 0 Å². The van der Waals surface area contributed by atoms with Crippen LogP contribution in [0, 0.1) is 10.8 Å². The van der Waals surface area contributed by atoms with Crippen LogP contribution in [0.2, 0.25) is 0 Å². The van der Waals surface area contributed by atoms with E-state index in [9.17, 15) is 4.91 Å². The SMILES string of the molecule is CC1=CC(C)C=C2C1=NC(N)=N[N+]2=O. The molecule has 2 rings (SSSR count). The molecule has 1 aliphatic heterocycles. The van der Waals surface area contributed by atoms with Crippen molar-refractivity contribution in [2.75, 3.05) is 0 Å². The molecule has 0 saturated heterocycles. The van der Waals surface area contributed by atoms with Gasteiger partial charge >= 0.3 is 5.70 Å². The Kier molecular flexibility index (Phi) is 1.80. The van der Waals surface area contributed by atoms with Gasteiger partial charge < -0.3 is 5.73 Å². The Morgan fingerprint density at radius 3 is 2.93 bits per heavy atom.